The van der Waals surface area contributed by atoms with Gasteiger partial charge in [-0.25, -0.2) is 4.79 Å². The highest BCUT2D eigenvalue weighted by Crippen LogP contribution is 2.46. The maximum Gasteiger partial charge on any atom is 0.336 e. The molecule has 0 radical (unpaired) electrons. The largest absolute Gasteiger partial charge is 0.466 e. The molecule has 30 heavy (non-hydrogen) atoms. The number of dihydropyridines is 1. The molecule has 1 aliphatic carbocycles. The van der Waals surface area contributed by atoms with Gasteiger partial charge in [-0.3, -0.25) is 4.79 Å². The molecule has 2 atom stereocenters. The number of esters is 1. The van der Waals surface area contributed by atoms with E-state index >= 15 is 0 Å². The van der Waals surface area contributed by atoms with Crippen molar-refractivity contribution in [2.75, 3.05) is 7.11 Å². The zero-order valence-corrected chi connectivity index (χ0v) is 19.0. The van der Waals surface area contributed by atoms with E-state index in [1.165, 1.54) is 7.11 Å². The fourth-order valence-electron chi connectivity index (χ4n) is 4.47. The van der Waals surface area contributed by atoms with Crippen LogP contribution in [0.1, 0.15) is 42.7 Å². The lowest BCUT2D eigenvalue weighted by Gasteiger charge is -2.36. The van der Waals surface area contributed by atoms with Crippen molar-refractivity contribution in [3.05, 3.63) is 91.7 Å². The average Bonchev–Trinajstić information content (AvgIpc) is 2.72. The minimum atomic E-state index is -0.467. The number of halogens is 2. The third kappa shape index (κ3) is 3.72. The summed E-state index contributed by atoms with van der Waals surface area (Å²) in [7, 11) is 1.36. The molecule has 4 nitrogen and oxygen atoms in total. The van der Waals surface area contributed by atoms with Crippen molar-refractivity contribution < 1.29 is 14.3 Å². The fraction of sp³-hybridized carbons (Fsp3) is 0.250. The number of benzene rings is 2. The van der Waals surface area contributed by atoms with Crippen LogP contribution in [0.25, 0.3) is 0 Å². The maximum absolute atomic E-state index is 13.4. The highest BCUT2D eigenvalue weighted by atomic mass is 79.9. The predicted octanol–water partition coefficient (Wildman–Crippen LogP) is 5.64. The van der Waals surface area contributed by atoms with Gasteiger partial charge in [0.2, 0.25) is 0 Å². The van der Waals surface area contributed by atoms with Gasteiger partial charge in [-0.1, -0.05) is 57.9 Å². The Morgan fingerprint density at radius 1 is 1.17 bits per heavy atom. The van der Waals surface area contributed by atoms with Gasteiger partial charge in [0.1, 0.15) is 0 Å². The Kier molecular flexibility index (Phi) is 5.85. The lowest BCUT2D eigenvalue weighted by atomic mass is 9.72. The third-order valence-electron chi connectivity index (χ3n) is 5.76. The Morgan fingerprint density at radius 2 is 1.93 bits per heavy atom. The summed E-state index contributed by atoms with van der Waals surface area (Å²) >= 11 is 9.92. The van der Waals surface area contributed by atoms with E-state index in [1.807, 2.05) is 55.5 Å². The van der Waals surface area contributed by atoms with E-state index in [4.69, 9.17) is 16.3 Å². The number of rotatable bonds is 3. The monoisotopic (exact) mass is 485 g/mol. The van der Waals surface area contributed by atoms with Crippen molar-refractivity contribution in [1.29, 1.82) is 0 Å². The molecule has 0 fully saturated rings. The van der Waals surface area contributed by atoms with Crippen molar-refractivity contribution in [3.63, 3.8) is 0 Å². The van der Waals surface area contributed by atoms with E-state index < -0.39 is 11.9 Å². The first-order valence-corrected chi connectivity index (χ1v) is 10.9. The van der Waals surface area contributed by atoms with Crippen LogP contribution in [0.2, 0.25) is 5.02 Å². The Hall–Kier alpha value is -2.37. The molecule has 1 heterocycles. The summed E-state index contributed by atoms with van der Waals surface area (Å²) in [4.78, 5) is 26.1. The van der Waals surface area contributed by atoms with E-state index in [9.17, 15) is 9.59 Å². The quantitative estimate of drug-likeness (QED) is 0.571. The van der Waals surface area contributed by atoms with Crippen LogP contribution >= 0.6 is 27.5 Å². The number of hydrogen-bond acceptors (Lipinski definition) is 4. The molecule has 154 valence electrons. The summed E-state index contributed by atoms with van der Waals surface area (Å²) < 4.78 is 5.95. The second-order valence-electron chi connectivity index (χ2n) is 7.59. The molecular formula is C24H21BrClNO3. The molecule has 0 spiro atoms. The highest BCUT2D eigenvalue weighted by molar-refractivity contribution is 9.10. The summed E-state index contributed by atoms with van der Waals surface area (Å²) in [5.74, 6) is -0.885. The van der Waals surface area contributed by atoms with Gasteiger partial charge < -0.3 is 10.1 Å². The molecule has 0 saturated heterocycles. The van der Waals surface area contributed by atoms with Crippen LogP contribution in [-0.2, 0) is 14.3 Å². The van der Waals surface area contributed by atoms with Gasteiger partial charge >= 0.3 is 5.97 Å². The van der Waals surface area contributed by atoms with Gasteiger partial charge in [-0.05, 0) is 48.6 Å². The first-order valence-electron chi connectivity index (χ1n) is 9.73. The lowest BCUT2D eigenvalue weighted by Crippen LogP contribution is -2.36. The summed E-state index contributed by atoms with van der Waals surface area (Å²) in [5, 5.41) is 4.00. The number of ether oxygens (including phenoxy) is 1. The molecule has 0 bridgehead atoms. The number of hydrogen-bond donors (Lipinski definition) is 1. The van der Waals surface area contributed by atoms with Crippen LogP contribution in [0.5, 0.6) is 0 Å². The lowest BCUT2D eigenvalue weighted by molar-refractivity contribution is -0.136. The van der Waals surface area contributed by atoms with E-state index in [2.05, 4.69) is 21.2 Å². The normalized spacial score (nSPS) is 21.3. The molecule has 0 aromatic heterocycles. The first kappa shape index (κ1) is 20.9. The van der Waals surface area contributed by atoms with Gasteiger partial charge in [-0.15, -0.1) is 0 Å². The number of carbonyl (C=O) groups excluding carboxylic acids is 2. The standard InChI is InChI=1S/C24H21BrClNO3/c1-13-21(24(29)30-2)22(14-6-5-7-16(25)10-14)23-19(27-13)11-15(12-20(23)28)17-8-3-4-9-18(17)26/h3-10,15,22,27H,11-12H2,1-2H3. The molecule has 2 aromatic carbocycles. The van der Waals surface area contributed by atoms with Crippen LogP contribution in [0.4, 0.5) is 0 Å². The third-order valence-corrected chi connectivity index (χ3v) is 6.60. The van der Waals surface area contributed by atoms with Crippen LogP contribution < -0.4 is 5.32 Å². The zero-order valence-electron chi connectivity index (χ0n) is 16.7. The number of carbonyl (C=O) groups is 2. The molecule has 2 unspecified atom stereocenters. The smallest absolute Gasteiger partial charge is 0.336 e. The second-order valence-corrected chi connectivity index (χ2v) is 8.91. The summed E-state index contributed by atoms with van der Waals surface area (Å²) in [5.41, 5.74) is 4.52. The first-order chi connectivity index (χ1) is 14.4. The van der Waals surface area contributed by atoms with Crippen LogP contribution in [0.15, 0.2) is 75.5 Å². The molecule has 2 aliphatic rings. The SMILES string of the molecule is COC(=O)C1=C(C)NC2=C(C(=O)CC(c3ccccc3Cl)C2)C1c1cccc(Br)c1. The van der Waals surface area contributed by atoms with Gasteiger partial charge in [0, 0.05) is 38.8 Å². The van der Waals surface area contributed by atoms with Crippen LogP contribution in [0.3, 0.4) is 0 Å². The van der Waals surface area contributed by atoms with Gasteiger partial charge in [0.05, 0.1) is 12.7 Å². The average molecular weight is 487 g/mol. The Bertz CT molecular complexity index is 1110. The summed E-state index contributed by atoms with van der Waals surface area (Å²) in [6.45, 7) is 1.85. The number of methoxy groups -OCH3 is 1. The zero-order chi connectivity index (χ0) is 21.4. The van der Waals surface area contributed by atoms with E-state index in [1.54, 1.807) is 0 Å². The van der Waals surface area contributed by atoms with Gasteiger partial charge in [0.25, 0.3) is 0 Å². The highest BCUT2D eigenvalue weighted by Gasteiger charge is 2.41. The number of Topliss-reactive ketones (excluding diaryl/α,β-unsaturated/α-hetero) is 1. The van der Waals surface area contributed by atoms with Crippen molar-refractivity contribution in [2.24, 2.45) is 0 Å². The van der Waals surface area contributed by atoms with E-state index in [0.717, 1.165) is 21.3 Å². The molecule has 4 rings (SSSR count). The molecule has 0 amide bonds. The molecule has 0 saturated carbocycles. The van der Waals surface area contributed by atoms with Crippen LogP contribution in [0, 0.1) is 0 Å². The minimum Gasteiger partial charge on any atom is -0.466 e. The molecule has 1 N–H and O–H groups in total. The number of allylic oxidation sites excluding steroid dienone is 3. The second kappa shape index (κ2) is 8.40. The minimum absolute atomic E-state index is 0.00640. The summed E-state index contributed by atoms with van der Waals surface area (Å²) in [6.07, 6.45) is 1.00. The van der Waals surface area contributed by atoms with E-state index in [0.29, 0.717) is 34.7 Å². The van der Waals surface area contributed by atoms with Crippen molar-refractivity contribution >= 4 is 39.3 Å². The summed E-state index contributed by atoms with van der Waals surface area (Å²) in [6, 6.07) is 15.4. The van der Waals surface area contributed by atoms with Gasteiger partial charge in [-0.2, -0.15) is 0 Å². The number of nitrogens with one attached hydrogen (secondary N) is 1. The molecule has 2 aromatic rings. The Morgan fingerprint density at radius 3 is 2.63 bits per heavy atom. The molecule has 6 heteroatoms. The van der Waals surface area contributed by atoms with Crippen molar-refractivity contribution in [3.8, 4) is 0 Å². The predicted molar refractivity (Wildman–Crippen MR) is 120 cm³/mol. The molecular weight excluding hydrogens is 466 g/mol. The Balaban J connectivity index is 1.83. The molecule has 1 aliphatic heterocycles. The topological polar surface area (TPSA) is 55.4 Å². The Labute approximate surface area is 189 Å². The fourth-order valence-corrected chi connectivity index (χ4v) is 5.17. The maximum atomic E-state index is 13.4. The van der Waals surface area contributed by atoms with Crippen molar-refractivity contribution in [2.45, 2.75) is 31.6 Å². The van der Waals surface area contributed by atoms with E-state index in [-0.39, 0.29) is 11.7 Å². The number of ketones is 1. The van der Waals surface area contributed by atoms with Crippen molar-refractivity contribution in [1.82, 2.24) is 5.32 Å². The van der Waals surface area contributed by atoms with Crippen LogP contribution in [-0.4, -0.2) is 18.9 Å². The van der Waals surface area contributed by atoms with Gasteiger partial charge in [0.15, 0.2) is 5.78 Å².